The maximum Gasteiger partial charge on any atom is 0.146 e. The number of hydrogen-bond acceptors (Lipinski definition) is 5. The number of aromatic nitrogens is 3. The standard InChI is InChI=1S/C16H17N5O/c17-9-12-8-13(14-11-21-3-1-2-15(21)19-14)10-18-16(12)20-4-6-22-7-5-20/h8,10-11H,1-7H2. The van der Waals surface area contributed by atoms with E-state index in [1.165, 1.54) is 6.42 Å². The van der Waals surface area contributed by atoms with E-state index in [2.05, 4.69) is 31.7 Å². The van der Waals surface area contributed by atoms with Gasteiger partial charge in [-0.3, -0.25) is 0 Å². The number of pyridine rings is 1. The molecule has 0 amide bonds. The summed E-state index contributed by atoms with van der Waals surface area (Å²) >= 11 is 0. The molecule has 0 bridgehead atoms. The van der Waals surface area contributed by atoms with Crippen LogP contribution in [0.1, 0.15) is 17.8 Å². The maximum atomic E-state index is 9.46. The minimum atomic E-state index is 0.604. The highest BCUT2D eigenvalue weighted by Crippen LogP contribution is 2.26. The molecule has 0 unspecified atom stereocenters. The SMILES string of the molecule is N#Cc1cc(-c2cn3c(n2)CCC3)cnc1N1CCOCC1. The Morgan fingerprint density at radius 1 is 1.23 bits per heavy atom. The Balaban J connectivity index is 1.68. The van der Waals surface area contributed by atoms with Gasteiger partial charge in [-0.15, -0.1) is 0 Å². The quantitative estimate of drug-likeness (QED) is 0.842. The second-order valence-electron chi connectivity index (χ2n) is 5.65. The van der Waals surface area contributed by atoms with E-state index >= 15 is 0 Å². The van der Waals surface area contributed by atoms with Crippen LogP contribution in [-0.4, -0.2) is 40.8 Å². The van der Waals surface area contributed by atoms with Crippen molar-refractivity contribution in [3.05, 3.63) is 29.8 Å². The average molecular weight is 295 g/mol. The van der Waals surface area contributed by atoms with Crippen LogP contribution in [0.4, 0.5) is 5.82 Å². The number of nitriles is 1. The third-order valence-electron chi connectivity index (χ3n) is 4.25. The van der Waals surface area contributed by atoms with Gasteiger partial charge in [0.05, 0.1) is 24.5 Å². The van der Waals surface area contributed by atoms with Crippen LogP contribution in [0, 0.1) is 11.3 Å². The molecule has 2 aliphatic rings. The molecule has 6 nitrogen and oxygen atoms in total. The summed E-state index contributed by atoms with van der Waals surface area (Å²) < 4.78 is 7.55. The topological polar surface area (TPSA) is 67.0 Å². The van der Waals surface area contributed by atoms with Crippen molar-refractivity contribution in [3.63, 3.8) is 0 Å². The molecule has 0 aromatic carbocycles. The summed E-state index contributed by atoms with van der Waals surface area (Å²) in [6, 6.07) is 4.17. The second kappa shape index (κ2) is 5.43. The number of aryl methyl sites for hydroxylation is 2. The largest absolute Gasteiger partial charge is 0.378 e. The van der Waals surface area contributed by atoms with Crippen LogP contribution in [0.3, 0.4) is 0 Å². The monoisotopic (exact) mass is 295 g/mol. The third-order valence-corrected chi connectivity index (χ3v) is 4.25. The first-order chi connectivity index (χ1) is 10.8. The number of hydrogen-bond donors (Lipinski definition) is 0. The van der Waals surface area contributed by atoms with Gasteiger partial charge in [0, 0.05) is 44.0 Å². The van der Waals surface area contributed by atoms with Gasteiger partial charge >= 0.3 is 0 Å². The number of imidazole rings is 1. The van der Waals surface area contributed by atoms with Crippen LogP contribution in [0.5, 0.6) is 0 Å². The van der Waals surface area contributed by atoms with Crippen LogP contribution in [0.2, 0.25) is 0 Å². The van der Waals surface area contributed by atoms with E-state index in [-0.39, 0.29) is 0 Å². The minimum absolute atomic E-state index is 0.604. The van der Waals surface area contributed by atoms with Crippen molar-refractivity contribution >= 4 is 5.82 Å². The van der Waals surface area contributed by atoms with Gasteiger partial charge in [-0.25, -0.2) is 9.97 Å². The van der Waals surface area contributed by atoms with Crippen LogP contribution in [0.15, 0.2) is 18.5 Å². The van der Waals surface area contributed by atoms with Gasteiger partial charge in [-0.1, -0.05) is 0 Å². The number of morpholine rings is 1. The normalized spacial score (nSPS) is 17.3. The lowest BCUT2D eigenvalue weighted by atomic mass is 10.1. The van der Waals surface area contributed by atoms with E-state index in [9.17, 15) is 5.26 Å². The molecule has 22 heavy (non-hydrogen) atoms. The van der Waals surface area contributed by atoms with E-state index in [4.69, 9.17) is 4.74 Å². The molecule has 0 aliphatic carbocycles. The molecule has 0 radical (unpaired) electrons. The molecular formula is C16H17N5O. The Hall–Kier alpha value is -2.39. The average Bonchev–Trinajstić information content (AvgIpc) is 3.17. The Bertz CT molecular complexity index is 718. The fourth-order valence-corrected chi connectivity index (χ4v) is 3.10. The highest BCUT2D eigenvalue weighted by Gasteiger charge is 2.19. The van der Waals surface area contributed by atoms with Crippen molar-refractivity contribution in [3.8, 4) is 17.3 Å². The van der Waals surface area contributed by atoms with Crippen LogP contribution in [-0.2, 0) is 17.7 Å². The van der Waals surface area contributed by atoms with E-state index in [0.29, 0.717) is 18.8 Å². The molecule has 0 spiro atoms. The van der Waals surface area contributed by atoms with Gasteiger partial charge in [0.25, 0.3) is 0 Å². The van der Waals surface area contributed by atoms with Crippen molar-refractivity contribution in [2.24, 2.45) is 0 Å². The molecule has 4 rings (SSSR count). The molecule has 1 fully saturated rings. The Morgan fingerprint density at radius 2 is 2.09 bits per heavy atom. The number of fused-ring (bicyclic) bond motifs is 1. The summed E-state index contributed by atoms with van der Waals surface area (Å²) in [6.45, 7) is 3.95. The molecule has 2 aromatic heterocycles. The highest BCUT2D eigenvalue weighted by molar-refractivity contribution is 5.65. The molecule has 0 N–H and O–H groups in total. The first-order valence-electron chi connectivity index (χ1n) is 7.64. The van der Waals surface area contributed by atoms with Crippen molar-refractivity contribution in [2.75, 3.05) is 31.2 Å². The maximum absolute atomic E-state index is 9.46. The first-order valence-corrected chi connectivity index (χ1v) is 7.64. The van der Waals surface area contributed by atoms with Gasteiger partial charge in [0.2, 0.25) is 0 Å². The Morgan fingerprint density at radius 3 is 2.86 bits per heavy atom. The van der Waals surface area contributed by atoms with Crippen LogP contribution in [0.25, 0.3) is 11.3 Å². The first kappa shape index (κ1) is 13.3. The summed E-state index contributed by atoms with van der Waals surface area (Å²) in [5.41, 5.74) is 2.43. The molecule has 1 saturated heterocycles. The minimum Gasteiger partial charge on any atom is -0.378 e. The molecule has 0 saturated carbocycles. The summed E-state index contributed by atoms with van der Waals surface area (Å²) in [7, 11) is 0. The Kier molecular flexibility index (Phi) is 3.28. The van der Waals surface area contributed by atoms with Crippen molar-refractivity contribution in [1.29, 1.82) is 5.26 Å². The van der Waals surface area contributed by atoms with E-state index in [1.54, 1.807) is 0 Å². The fraction of sp³-hybridized carbons (Fsp3) is 0.438. The smallest absolute Gasteiger partial charge is 0.146 e. The van der Waals surface area contributed by atoms with Gasteiger partial charge in [-0.05, 0) is 12.5 Å². The molecule has 2 aliphatic heterocycles. The lowest BCUT2D eigenvalue weighted by Gasteiger charge is -2.28. The lowest BCUT2D eigenvalue weighted by Crippen LogP contribution is -2.37. The summed E-state index contributed by atoms with van der Waals surface area (Å²) in [5, 5.41) is 9.46. The number of rotatable bonds is 2. The third kappa shape index (κ3) is 2.24. The molecule has 112 valence electrons. The molecule has 6 heteroatoms. The lowest BCUT2D eigenvalue weighted by molar-refractivity contribution is 0.122. The summed E-state index contributed by atoms with van der Waals surface area (Å²) in [5.74, 6) is 1.88. The molecule has 4 heterocycles. The highest BCUT2D eigenvalue weighted by atomic mass is 16.5. The van der Waals surface area contributed by atoms with Gasteiger partial charge in [0.15, 0.2) is 0 Å². The zero-order valence-electron chi connectivity index (χ0n) is 12.3. The zero-order valence-corrected chi connectivity index (χ0v) is 12.3. The van der Waals surface area contributed by atoms with Crippen molar-refractivity contribution in [1.82, 2.24) is 14.5 Å². The van der Waals surface area contributed by atoms with E-state index < -0.39 is 0 Å². The molecule has 0 atom stereocenters. The van der Waals surface area contributed by atoms with Crippen LogP contribution < -0.4 is 4.90 Å². The van der Waals surface area contributed by atoms with Gasteiger partial charge < -0.3 is 14.2 Å². The molecular weight excluding hydrogens is 278 g/mol. The van der Waals surface area contributed by atoms with Crippen LogP contribution >= 0.6 is 0 Å². The van der Waals surface area contributed by atoms with Gasteiger partial charge in [0.1, 0.15) is 17.7 Å². The number of nitrogens with zero attached hydrogens (tertiary/aromatic N) is 5. The molecule has 2 aromatic rings. The van der Waals surface area contributed by atoms with Crippen molar-refractivity contribution < 1.29 is 4.74 Å². The summed E-state index contributed by atoms with van der Waals surface area (Å²) in [4.78, 5) is 11.3. The predicted octanol–water partition coefficient (Wildman–Crippen LogP) is 1.60. The predicted molar refractivity (Wildman–Crippen MR) is 81.5 cm³/mol. The fourth-order valence-electron chi connectivity index (χ4n) is 3.10. The van der Waals surface area contributed by atoms with E-state index in [1.807, 2.05) is 12.3 Å². The second-order valence-corrected chi connectivity index (χ2v) is 5.65. The number of ether oxygens (including phenoxy) is 1. The van der Waals surface area contributed by atoms with Gasteiger partial charge in [-0.2, -0.15) is 5.26 Å². The van der Waals surface area contributed by atoms with E-state index in [0.717, 1.165) is 49.0 Å². The van der Waals surface area contributed by atoms with Crippen molar-refractivity contribution in [2.45, 2.75) is 19.4 Å². The Labute approximate surface area is 129 Å². The number of anilines is 1. The summed E-state index contributed by atoms with van der Waals surface area (Å²) in [6.07, 6.45) is 6.09. The zero-order chi connectivity index (χ0) is 14.9.